The second kappa shape index (κ2) is 8.23. The van der Waals surface area contributed by atoms with Crippen molar-refractivity contribution in [1.82, 2.24) is 4.90 Å². The van der Waals surface area contributed by atoms with Crippen LogP contribution >= 0.6 is 27.7 Å². The Balaban J connectivity index is 2.23. The molecule has 1 fully saturated rings. The monoisotopic (exact) mass is 423 g/mol. The third kappa shape index (κ3) is 4.24. The number of hydrogen-bond donors (Lipinski definition) is 0. The Kier molecular flexibility index (Phi) is 6.28. The fraction of sp³-hybridized carbons (Fsp3) is 0.235. The zero-order valence-electron chi connectivity index (χ0n) is 13.4. The number of carbonyl (C=O) groups is 3. The molecule has 6 nitrogen and oxygen atoms in total. The minimum Gasteiger partial charge on any atom is -0.480 e. The van der Waals surface area contributed by atoms with E-state index < -0.39 is 23.2 Å². The molecule has 1 saturated heterocycles. The molecule has 0 aromatic heterocycles. The first kappa shape index (κ1) is 19.1. The Bertz CT molecular complexity index is 799. The van der Waals surface area contributed by atoms with Crippen molar-refractivity contribution in [3.05, 3.63) is 33.1 Å². The van der Waals surface area contributed by atoms with Crippen molar-refractivity contribution >= 4 is 50.9 Å². The van der Waals surface area contributed by atoms with Crippen LogP contribution in [0.1, 0.15) is 12.5 Å². The molecule has 8 heteroatoms. The number of esters is 1. The predicted octanol–water partition coefficient (Wildman–Crippen LogP) is 3.06. The van der Waals surface area contributed by atoms with E-state index in [0.29, 0.717) is 15.8 Å². The van der Waals surface area contributed by atoms with Crippen LogP contribution < -0.4 is 4.74 Å². The number of terminal acetylenes is 1. The molecule has 0 unspecified atom stereocenters. The Morgan fingerprint density at radius 1 is 1.48 bits per heavy atom. The molecule has 0 radical (unpaired) electrons. The molecule has 1 aliphatic rings. The summed E-state index contributed by atoms with van der Waals surface area (Å²) in [6, 6.07) is 4.20. The molecule has 1 atom stereocenters. The average Bonchev–Trinajstić information content (AvgIpc) is 2.86. The quantitative estimate of drug-likeness (QED) is 0.411. The number of carbonyl (C=O) groups excluding carboxylic acids is 3. The van der Waals surface area contributed by atoms with Crippen molar-refractivity contribution in [2.45, 2.75) is 13.0 Å². The van der Waals surface area contributed by atoms with Gasteiger partial charge in [-0.2, -0.15) is 0 Å². The molecular weight excluding hydrogens is 410 g/mol. The van der Waals surface area contributed by atoms with E-state index in [9.17, 15) is 14.4 Å². The molecule has 2 amide bonds. The number of thioether (sulfide) groups is 1. The zero-order valence-corrected chi connectivity index (χ0v) is 15.8. The Labute approximate surface area is 157 Å². The summed E-state index contributed by atoms with van der Waals surface area (Å²) in [5.41, 5.74) is 0.691. The lowest BCUT2D eigenvalue weighted by molar-refractivity contribution is -0.148. The van der Waals surface area contributed by atoms with Crippen molar-refractivity contribution < 1.29 is 23.9 Å². The average molecular weight is 424 g/mol. The lowest BCUT2D eigenvalue weighted by Crippen LogP contribution is -2.42. The van der Waals surface area contributed by atoms with Gasteiger partial charge in [-0.05, 0) is 58.4 Å². The second-order valence-electron chi connectivity index (χ2n) is 4.93. The summed E-state index contributed by atoms with van der Waals surface area (Å²) in [4.78, 5) is 37.2. The van der Waals surface area contributed by atoms with Crippen molar-refractivity contribution in [3.8, 4) is 18.1 Å². The molecule has 0 spiro atoms. The van der Waals surface area contributed by atoms with E-state index in [-0.39, 0.29) is 11.5 Å². The summed E-state index contributed by atoms with van der Waals surface area (Å²) >= 11 is 4.14. The highest BCUT2D eigenvalue weighted by atomic mass is 79.9. The summed E-state index contributed by atoms with van der Waals surface area (Å²) in [7, 11) is 1.20. The van der Waals surface area contributed by atoms with Gasteiger partial charge in [-0.15, -0.1) is 6.42 Å². The van der Waals surface area contributed by atoms with Gasteiger partial charge in [0.15, 0.2) is 0 Å². The Hall–Kier alpha value is -2.24. The number of benzene rings is 1. The Morgan fingerprint density at radius 3 is 2.80 bits per heavy atom. The third-order valence-electron chi connectivity index (χ3n) is 3.32. The standard InChI is InChI=1S/C17H14BrNO5S/c1-4-7-24-13-6-5-11(8-12(13)18)9-14-15(20)19(17(22)25-14)10(2)16(21)23-3/h1,5-6,8-10H,7H2,2-3H3/b14-9+/t10-/m1/s1. The molecule has 0 aliphatic carbocycles. The van der Waals surface area contributed by atoms with E-state index in [2.05, 4.69) is 26.6 Å². The minimum atomic E-state index is -0.977. The SMILES string of the molecule is C#CCOc1ccc(/C=C2/SC(=O)N([C@H](C)C(=O)OC)C2=O)cc1Br. The number of nitrogens with zero attached hydrogens (tertiary/aromatic N) is 1. The number of halogens is 1. The molecule has 0 N–H and O–H groups in total. The van der Waals surface area contributed by atoms with E-state index in [1.54, 1.807) is 24.3 Å². The number of ether oxygens (including phenoxy) is 2. The van der Waals surface area contributed by atoms with Crippen molar-refractivity contribution in [1.29, 1.82) is 0 Å². The van der Waals surface area contributed by atoms with E-state index in [1.807, 2.05) is 0 Å². The fourth-order valence-corrected chi connectivity index (χ4v) is 3.50. The van der Waals surface area contributed by atoms with Crippen LogP contribution in [0.5, 0.6) is 5.75 Å². The first-order chi connectivity index (χ1) is 11.9. The molecule has 1 aliphatic heterocycles. The molecule has 25 heavy (non-hydrogen) atoms. The molecule has 1 aromatic carbocycles. The molecule has 130 valence electrons. The fourth-order valence-electron chi connectivity index (χ4n) is 2.08. The van der Waals surface area contributed by atoms with Crippen LogP contribution in [0, 0.1) is 12.3 Å². The van der Waals surface area contributed by atoms with Crippen LogP contribution in [0.4, 0.5) is 4.79 Å². The summed E-state index contributed by atoms with van der Waals surface area (Å²) in [5, 5.41) is -0.512. The van der Waals surface area contributed by atoms with E-state index >= 15 is 0 Å². The highest BCUT2D eigenvalue weighted by molar-refractivity contribution is 9.10. The normalized spacial score (nSPS) is 16.7. The topological polar surface area (TPSA) is 72.9 Å². The number of rotatable bonds is 5. The van der Waals surface area contributed by atoms with E-state index in [1.165, 1.54) is 14.0 Å². The number of methoxy groups -OCH3 is 1. The van der Waals surface area contributed by atoms with Gasteiger partial charge in [-0.25, -0.2) is 4.79 Å². The van der Waals surface area contributed by atoms with Gasteiger partial charge in [0.05, 0.1) is 16.5 Å². The van der Waals surface area contributed by atoms with Crippen LogP contribution in [-0.2, 0) is 14.3 Å². The van der Waals surface area contributed by atoms with Gasteiger partial charge in [0.1, 0.15) is 18.4 Å². The number of imide groups is 1. The van der Waals surface area contributed by atoms with Crippen molar-refractivity contribution in [3.63, 3.8) is 0 Å². The van der Waals surface area contributed by atoms with Crippen LogP contribution in [0.15, 0.2) is 27.6 Å². The summed E-state index contributed by atoms with van der Waals surface area (Å²) in [5.74, 6) is 1.76. The Morgan fingerprint density at radius 2 is 2.20 bits per heavy atom. The molecule has 2 rings (SSSR count). The third-order valence-corrected chi connectivity index (χ3v) is 4.82. The highest BCUT2D eigenvalue weighted by Gasteiger charge is 2.41. The van der Waals surface area contributed by atoms with Gasteiger partial charge < -0.3 is 9.47 Å². The lowest BCUT2D eigenvalue weighted by Gasteiger charge is -2.18. The summed E-state index contributed by atoms with van der Waals surface area (Å²) < 4.78 is 10.6. The maximum absolute atomic E-state index is 12.4. The van der Waals surface area contributed by atoms with Gasteiger partial charge in [-0.1, -0.05) is 12.0 Å². The molecule has 0 bridgehead atoms. The first-order valence-electron chi connectivity index (χ1n) is 7.09. The van der Waals surface area contributed by atoms with Gasteiger partial charge in [0.25, 0.3) is 11.1 Å². The van der Waals surface area contributed by atoms with E-state index in [4.69, 9.17) is 11.2 Å². The molecular formula is C17H14BrNO5S. The maximum atomic E-state index is 12.4. The van der Waals surface area contributed by atoms with Gasteiger partial charge >= 0.3 is 5.97 Å². The zero-order chi connectivity index (χ0) is 18.6. The summed E-state index contributed by atoms with van der Waals surface area (Å²) in [6.45, 7) is 1.58. The molecule has 0 saturated carbocycles. The largest absolute Gasteiger partial charge is 0.480 e. The van der Waals surface area contributed by atoms with Crippen LogP contribution in [-0.4, -0.2) is 41.8 Å². The summed E-state index contributed by atoms with van der Waals surface area (Å²) in [6.07, 6.45) is 6.73. The van der Waals surface area contributed by atoms with Gasteiger partial charge in [0.2, 0.25) is 0 Å². The number of hydrogen-bond acceptors (Lipinski definition) is 6. The predicted molar refractivity (Wildman–Crippen MR) is 97.8 cm³/mol. The smallest absolute Gasteiger partial charge is 0.328 e. The molecule has 1 heterocycles. The minimum absolute atomic E-state index is 0.141. The first-order valence-corrected chi connectivity index (χ1v) is 8.70. The number of amides is 2. The molecule has 1 aromatic rings. The maximum Gasteiger partial charge on any atom is 0.328 e. The van der Waals surface area contributed by atoms with Gasteiger partial charge in [-0.3, -0.25) is 14.5 Å². The van der Waals surface area contributed by atoms with Crippen LogP contribution in [0.2, 0.25) is 0 Å². The van der Waals surface area contributed by atoms with Crippen molar-refractivity contribution in [2.75, 3.05) is 13.7 Å². The second-order valence-corrected chi connectivity index (χ2v) is 6.78. The van der Waals surface area contributed by atoms with Crippen LogP contribution in [0.25, 0.3) is 6.08 Å². The van der Waals surface area contributed by atoms with Crippen molar-refractivity contribution in [2.24, 2.45) is 0 Å². The van der Waals surface area contributed by atoms with Crippen LogP contribution in [0.3, 0.4) is 0 Å². The highest BCUT2D eigenvalue weighted by Crippen LogP contribution is 2.35. The van der Waals surface area contributed by atoms with Gasteiger partial charge in [0, 0.05) is 0 Å². The lowest BCUT2D eigenvalue weighted by atomic mass is 10.2. The van der Waals surface area contributed by atoms with E-state index in [0.717, 1.165) is 16.7 Å².